The van der Waals surface area contributed by atoms with E-state index >= 15 is 0 Å². The van der Waals surface area contributed by atoms with Gasteiger partial charge in [0.15, 0.2) is 0 Å². The van der Waals surface area contributed by atoms with Crippen LogP contribution in [0.4, 0.5) is 4.39 Å². The summed E-state index contributed by atoms with van der Waals surface area (Å²) in [6.07, 6.45) is 5.73. The van der Waals surface area contributed by atoms with Gasteiger partial charge in [-0.05, 0) is 29.7 Å². The van der Waals surface area contributed by atoms with Gasteiger partial charge in [-0.3, -0.25) is 0 Å². The molecule has 0 radical (unpaired) electrons. The van der Waals surface area contributed by atoms with Crippen molar-refractivity contribution in [2.45, 2.75) is 12.5 Å². The van der Waals surface area contributed by atoms with Crippen LogP contribution in [-0.4, -0.2) is 6.61 Å². The summed E-state index contributed by atoms with van der Waals surface area (Å²) in [5.41, 5.74) is 1.89. The van der Waals surface area contributed by atoms with Gasteiger partial charge >= 0.3 is 0 Å². The van der Waals surface area contributed by atoms with Crippen molar-refractivity contribution in [3.05, 3.63) is 35.1 Å². The molecule has 0 N–H and O–H groups in total. The third kappa shape index (κ3) is 1.43. The first-order valence-electron chi connectivity index (χ1n) is 4.17. The topological polar surface area (TPSA) is 9.23 Å². The van der Waals surface area contributed by atoms with Gasteiger partial charge in [0.2, 0.25) is 0 Å². The number of terminal acetylenes is 1. The summed E-state index contributed by atoms with van der Waals surface area (Å²) >= 11 is 0. The van der Waals surface area contributed by atoms with Crippen molar-refractivity contribution in [2.75, 3.05) is 6.61 Å². The fourth-order valence-electron chi connectivity index (χ4n) is 1.56. The van der Waals surface area contributed by atoms with Crippen LogP contribution in [0.3, 0.4) is 0 Å². The van der Waals surface area contributed by atoms with Crippen LogP contribution in [0.2, 0.25) is 0 Å². The summed E-state index contributed by atoms with van der Waals surface area (Å²) in [6.45, 7) is 0.575. The van der Waals surface area contributed by atoms with E-state index in [1.807, 2.05) is 0 Å². The Labute approximate surface area is 76.5 Å². The Bertz CT molecular complexity index is 365. The second-order valence-electron chi connectivity index (χ2n) is 3.01. The molecule has 1 atom stereocenters. The third-order valence-electron chi connectivity index (χ3n) is 2.19. The Morgan fingerprint density at radius 2 is 2.38 bits per heavy atom. The fraction of sp³-hybridized carbons (Fsp3) is 0.273. The number of hydrogen-bond donors (Lipinski definition) is 0. The Morgan fingerprint density at radius 3 is 3.15 bits per heavy atom. The van der Waals surface area contributed by atoms with Gasteiger partial charge in [0, 0.05) is 0 Å². The highest BCUT2D eigenvalue weighted by Gasteiger charge is 2.18. The molecule has 1 nitrogen and oxygen atoms in total. The van der Waals surface area contributed by atoms with E-state index < -0.39 is 0 Å². The van der Waals surface area contributed by atoms with E-state index in [2.05, 4.69) is 5.92 Å². The molecule has 1 aliphatic rings. The molecule has 0 aromatic heterocycles. The number of benzene rings is 1. The van der Waals surface area contributed by atoms with Gasteiger partial charge in [-0.1, -0.05) is 12.0 Å². The van der Waals surface area contributed by atoms with E-state index in [1.54, 1.807) is 6.07 Å². The van der Waals surface area contributed by atoms with Gasteiger partial charge in [-0.2, -0.15) is 0 Å². The highest BCUT2D eigenvalue weighted by Crippen LogP contribution is 2.26. The van der Waals surface area contributed by atoms with Gasteiger partial charge in [-0.25, -0.2) is 4.39 Å². The van der Waals surface area contributed by atoms with Gasteiger partial charge in [0.1, 0.15) is 11.9 Å². The highest BCUT2D eigenvalue weighted by molar-refractivity contribution is 5.35. The van der Waals surface area contributed by atoms with E-state index in [4.69, 9.17) is 11.2 Å². The Hall–Kier alpha value is -1.33. The van der Waals surface area contributed by atoms with E-state index in [1.165, 1.54) is 12.1 Å². The van der Waals surface area contributed by atoms with Crippen molar-refractivity contribution in [3.63, 3.8) is 0 Å². The molecular formula is C11H9FO. The van der Waals surface area contributed by atoms with Gasteiger partial charge < -0.3 is 4.74 Å². The van der Waals surface area contributed by atoms with Crippen LogP contribution in [0.25, 0.3) is 0 Å². The van der Waals surface area contributed by atoms with E-state index in [0.717, 1.165) is 17.5 Å². The molecule has 0 fully saturated rings. The maximum atomic E-state index is 12.8. The number of hydrogen-bond acceptors (Lipinski definition) is 1. The third-order valence-corrected chi connectivity index (χ3v) is 2.19. The lowest BCUT2D eigenvalue weighted by atomic mass is 9.98. The zero-order valence-electron chi connectivity index (χ0n) is 7.09. The number of ether oxygens (including phenoxy) is 1. The van der Waals surface area contributed by atoms with Crippen molar-refractivity contribution in [2.24, 2.45) is 0 Å². The standard InChI is InChI=1S/C11H9FO/c1-2-11-10-4-3-9(12)7-8(10)5-6-13-11/h1,3-4,7,11H,5-6H2/t11-/m1/s1. The molecule has 13 heavy (non-hydrogen) atoms. The summed E-state index contributed by atoms with van der Waals surface area (Å²) < 4.78 is 18.2. The van der Waals surface area contributed by atoms with Crippen molar-refractivity contribution in [1.29, 1.82) is 0 Å². The van der Waals surface area contributed by atoms with Crippen LogP contribution in [0.1, 0.15) is 17.2 Å². The Kier molecular flexibility index (Phi) is 2.03. The van der Waals surface area contributed by atoms with Crippen LogP contribution in [0, 0.1) is 18.2 Å². The summed E-state index contributed by atoms with van der Waals surface area (Å²) in [4.78, 5) is 0. The molecule has 66 valence electrons. The first kappa shape index (κ1) is 8.28. The quantitative estimate of drug-likeness (QED) is 0.550. The van der Waals surface area contributed by atoms with Crippen molar-refractivity contribution in [3.8, 4) is 12.3 Å². The summed E-state index contributed by atoms with van der Waals surface area (Å²) in [5, 5.41) is 0. The highest BCUT2D eigenvalue weighted by atomic mass is 19.1. The molecule has 2 rings (SSSR count). The lowest BCUT2D eigenvalue weighted by Gasteiger charge is -2.21. The van der Waals surface area contributed by atoms with E-state index in [9.17, 15) is 4.39 Å². The summed E-state index contributed by atoms with van der Waals surface area (Å²) in [6, 6.07) is 4.65. The maximum Gasteiger partial charge on any atom is 0.143 e. The normalized spacial score (nSPS) is 20.5. The molecule has 0 bridgehead atoms. The van der Waals surface area contributed by atoms with Crippen LogP contribution in [0.15, 0.2) is 18.2 Å². The lowest BCUT2D eigenvalue weighted by molar-refractivity contribution is 0.0813. The van der Waals surface area contributed by atoms with Gasteiger partial charge in [0.05, 0.1) is 6.61 Å². The molecule has 0 saturated heterocycles. The molecule has 1 aromatic carbocycles. The predicted octanol–water partition coefficient (Wildman–Crippen LogP) is 2.07. The van der Waals surface area contributed by atoms with Crippen LogP contribution >= 0.6 is 0 Å². The maximum absolute atomic E-state index is 12.8. The molecule has 1 aromatic rings. The second-order valence-corrected chi connectivity index (χ2v) is 3.01. The van der Waals surface area contributed by atoms with Crippen LogP contribution < -0.4 is 0 Å². The average Bonchev–Trinajstić information content (AvgIpc) is 2.16. The van der Waals surface area contributed by atoms with Crippen molar-refractivity contribution in [1.82, 2.24) is 0 Å². The SMILES string of the molecule is C#C[C@H]1OCCc2cc(F)ccc21. The van der Waals surface area contributed by atoms with E-state index in [0.29, 0.717) is 6.61 Å². The smallest absolute Gasteiger partial charge is 0.143 e. The molecule has 0 unspecified atom stereocenters. The first-order chi connectivity index (χ1) is 6.31. The van der Waals surface area contributed by atoms with Gasteiger partial charge in [-0.15, -0.1) is 6.42 Å². The molecule has 1 aliphatic heterocycles. The molecule has 0 aliphatic carbocycles. The average molecular weight is 176 g/mol. The van der Waals surface area contributed by atoms with Crippen molar-refractivity contribution < 1.29 is 9.13 Å². The second kappa shape index (κ2) is 3.20. The number of rotatable bonds is 0. The largest absolute Gasteiger partial charge is 0.360 e. The molecule has 0 amide bonds. The minimum absolute atomic E-state index is 0.212. The zero-order chi connectivity index (χ0) is 9.26. The van der Waals surface area contributed by atoms with Crippen LogP contribution in [-0.2, 0) is 11.2 Å². The zero-order valence-corrected chi connectivity index (χ0v) is 7.09. The summed E-state index contributed by atoms with van der Waals surface area (Å²) in [5.74, 6) is 2.32. The van der Waals surface area contributed by atoms with E-state index in [-0.39, 0.29) is 11.9 Å². The van der Waals surface area contributed by atoms with Gasteiger partial charge in [0.25, 0.3) is 0 Å². The fourth-order valence-corrected chi connectivity index (χ4v) is 1.56. The monoisotopic (exact) mass is 176 g/mol. The minimum atomic E-state index is -0.302. The van der Waals surface area contributed by atoms with Crippen molar-refractivity contribution >= 4 is 0 Å². The molecule has 0 saturated carbocycles. The molecule has 2 heteroatoms. The lowest BCUT2D eigenvalue weighted by Crippen LogP contribution is -2.15. The number of fused-ring (bicyclic) bond motifs is 1. The minimum Gasteiger partial charge on any atom is -0.360 e. The first-order valence-corrected chi connectivity index (χ1v) is 4.17. The predicted molar refractivity (Wildman–Crippen MR) is 47.6 cm³/mol. The Balaban J connectivity index is 2.47. The molecule has 0 spiro atoms. The molecular weight excluding hydrogens is 167 g/mol. The summed E-state index contributed by atoms with van der Waals surface area (Å²) in [7, 11) is 0. The molecule has 1 heterocycles. The van der Waals surface area contributed by atoms with Crippen LogP contribution in [0.5, 0.6) is 0 Å². The Morgan fingerprint density at radius 1 is 1.54 bits per heavy atom. The number of halogens is 1.